The third kappa shape index (κ3) is 4.82. The molecule has 0 N–H and O–H groups in total. The van der Waals surface area contributed by atoms with E-state index in [9.17, 15) is 0 Å². The molecule has 1 aliphatic rings. The number of para-hydroxylation sites is 1. The van der Waals surface area contributed by atoms with Gasteiger partial charge in [-0.3, -0.25) is 9.55 Å². The van der Waals surface area contributed by atoms with Crippen molar-refractivity contribution in [1.29, 1.82) is 0 Å². The quantitative estimate of drug-likeness (QED) is 0.128. The third-order valence-corrected chi connectivity index (χ3v) is 16.1. The molecule has 0 fully saturated rings. The molecule has 5 heteroatoms. The first-order chi connectivity index (χ1) is 26.5. The number of hydrogen-bond donors (Lipinski definition) is 0. The Balaban J connectivity index is 1.25. The summed E-state index contributed by atoms with van der Waals surface area (Å²) in [7, 11) is -2.91. The number of nitrogens with zero attached hydrogens (tertiary/aromatic N) is 3. The van der Waals surface area contributed by atoms with Crippen LogP contribution in [0.25, 0.3) is 38.9 Å². The van der Waals surface area contributed by atoms with Crippen molar-refractivity contribution in [2.75, 3.05) is 0 Å². The van der Waals surface area contributed by atoms with Crippen molar-refractivity contribution < 1.29 is 4.74 Å². The van der Waals surface area contributed by atoms with E-state index < -0.39 is 8.07 Å². The predicted octanol–water partition coefficient (Wildman–Crippen LogP) is 9.05. The van der Waals surface area contributed by atoms with Gasteiger partial charge in [-0.25, -0.2) is 4.98 Å². The summed E-state index contributed by atoms with van der Waals surface area (Å²) in [4.78, 5) is 9.79. The molecule has 1 aliphatic heterocycles. The van der Waals surface area contributed by atoms with Gasteiger partial charge in [0.15, 0.2) is 8.07 Å². The topological polar surface area (TPSA) is 39.9 Å². The van der Waals surface area contributed by atoms with E-state index in [1.807, 2.05) is 24.5 Å². The second-order valence-electron chi connectivity index (χ2n) is 14.6. The Labute approximate surface area is 316 Å². The SMILES string of the molecule is CC1(C)c2ccccc2Oc2c1ccc1c2c2cccnc2n1-c1cccc([Si](c2ccccc2)(c2ccccc2)c2cccc(-c3ccccn3)c2)c1. The van der Waals surface area contributed by atoms with E-state index in [1.54, 1.807) is 0 Å². The van der Waals surface area contributed by atoms with Crippen LogP contribution in [-0.2, 0) is 5.41 Å². The van der Waals surface area contributed by atoms with Gasteiger partial charge < -0.3 is 4.74 Å². The summed E-state index contributed by atoms with van der Waals surface area (Å²) >= 11 is 0. The number of hydrogen-bond acceptors (Lipinski definition) is 3. The first kappa shape index (κ1) is 32.1. The molecule has 0 saturated heterocycles. The zero-order chi connectivity index (χ0) is 36.3. The molecule has 0 amide bonds. The van der Waals surface area contributed by atoms with E-state index in [-0.39, 0.29) is 5.41 Å². The van der Waals surface area contributed by atoms with Gasteiger partial charge >= 0.3 is 0 Å². The summed E-state index contributed by atoms with van der Waals surface area (Å²) in [6.07, 6.45) is 3.76. The van der Waals surface area contributed by atoms with E-state index in [0.29, 0.717) is 0 Å². The monoisotopic (exact) mass is 711 g/mol. The summed E-state index contributed by atoms with van der Waals surface area (Å²) in [5.74, 6) is 1.82. The predicted molar refractivity (Wildman–Crippen MR) is 224 cm³/mol. The molecule has 0 aliphatic carbocycles. The minimum Gasteiger partial charge on any atom is -0.456 e. The maximum Gasteiger partial charge on any atom is 0.179 e. The van der Waals surface area contributed by atoms with Crippen LogP contribution in [0.15, 0.2) is 188 Å². The second-order valence-corrected chi connectivity index (χ2v) is 18.4. The van der Waals surface area contributed by atoms with Gasteiger partial charge in [-0.15, -0.1) is 0 Å². The maximum atomic E-state index is 6.84. The Kier molecular flexibility index (Phi) is 7.46. The number of pyridine rings is 2. The lowest BCUT2D eigenvalue weighted by Crippen LogP contribution is -2.74. The number of rotatable bonds is 6. The van der Waals surface area contributed by atoms with Crippen LogP contribution in [0.5, 0.6) is 11.5 Å². The highest BCUT2D eigenvalue weighted by molar-refractivity contribution is 7.20. The van der Waals surface area contributed by atoms with Crippen molar-refractivity contribution in [2.45, 2.75) is 19.3 Å². The average Bonchev–Trinajstić information content (AvgIpc) is 3.58. The van der Waals surface area contributed by atoms with Crippen LogP contribution < -0.4 is 25.5 Å². The van der Waals surface area contributed by atoms with Gasteiger partial charge in [-0.2, -0.15) is 0 Å². The van der Waals surface area contributed by atoms with E-state index in [4.69, 9.17) is 14.7 Å². The van der Waals surface area contributed by atoms with Crippen molar-refractivity contribution in [3.63, 3.8) is 0 Å². The Hall–Kier alpha value is -6.56. The summed E-state index contributed by atoms with van der Waals surface area (Å²) in [6.45, 7) is 4.58. The molecule has 54 heavy (non-hydrogen) atoms. The normalized spacial score (nSPS) is 13.3. The minimum atomic E-state index is -2.91. The van der Waals surface area contributed by atoms with Gasteiger partial charge in [-0.1, -0.05) is 141 Å². The molecule has 0 saturated carbocycles. The minimum absolute atomic E-state index is 0.227. The lowest BCUT2D eigenvalue weighted by Gasteiger charge is -2.35. The van der Waals surface area contributed by atoms with Crippen LogP contribution in [0, 0.1) is 0 Å². The van der Waals surface area contributed by atoms with Gasteiger partial charge in [0.2, 0.25) is 0 Å². The van der Waals surface area contributed by atoms with Gasteiger partial charge in [0.05, 0.1) is 16.6 Å². The molecule has 3 aromatic heterocycles. The molecular weight excluding hydrogens is 675 g/mol. The van der Waals surface area contributed by atoms with Gasteiger partial charge in [-0.05, 0) is 69.3 Å². The van der Waals surface area contributed by atoms with Crippen LogP contribution in [0.3, 0.4) is 0 Å². The van der Waals surface area contributed by atoms with Gasteiger partial charge in [0.1, 0.15) is 17.1 Å². The van der Waals surface area contributed by atoms with Crippen LogP contribution in [0.1, 0.15) is 25.0 Å². The van der Waals surface area contributed by atoms with Gasteiger partial charge in [0, 0.05) is 45.6 Å². The number of ether oxygens (including phenoxy) is 1. The van der Waals surface area contributed by atoms with Crippen molar-refractivity contribution in [2.24, 2.45) is 0 Å². The molecule has 10 rings (SSSR count). The lowest BCUT2D eigenvalue weighted by molar-refractivity contribution is 0.423. The third-order valence-electron chi connectivity index (χ3n) is 11.3. The summed E-state index contributed by atoms with van der Waals surface area (Å²) in [6, 6.07) is 63.6. The van der Waals surface area contributed by atoms with Crippen molar-refractivity contribution >= 4 is 50.8 Å². The molecule has 0 spiro atoms. The number of fused-ring (bicyclic) bond motifs is 6. The number of benzene rings is 6. The fraction of sp³-hybridized carbons (Fsp3) is 0.0612. The summed E-state index contributed by atoms with van der Waals surface area (Å²) in [5.41, 5.74) is 7.25. The van der Waals surface area contributed by atoms with Crippen LogP contribution in [0.2, 0.25) is 0 Å². The highest BCUT2D eigenvalue weighted by Crippen LogP contribution is 2.52. The maximum absolute atomic E-state index is 6.84. The Morgan fingerprint density at radius 3 is 1.96 bits per heavy atom. The van der Waals surface area contributed by atoms with Crippen LogP contribution in [-0.4, -0.2) is 22.6 Å². The first-order valence-electron chi connectivity index (χ1n) is 18.5. The molecule has 0 radical (unpaired) electrons. The zero-order valence-corrected chi connectivity index (χ0v) is 31.1. The highest BCUT2D eigenvalue weighted by Gasteiger charge is 2.42. The average molecular weight is 712 g/mol. The molecule has 9 aromatic rings. The molecule has 0 unspecified atom stereocenters. The van der Waals surface area contributed by atoms with E-state index >= 15 is 0 Å². The van der Waals surface area contributed by atoms with Crippen molar-refractivity contribution in [1.82, 2.24) is 14.5 Å². The highest BCUT2D eigenvalue weighted by atomic mass is 28.3. The summed E-state index contributed by atoms with van der Waals surface area (Å²) < 4.78 is 9.17. The molecule has 258 valence electrons. The smallest absolute Gasteiger partial charge is 0.179 e. The fourth-order valence-electron chi connectivity index (χ4n) is 8.79. The Bertz CT molecular complexity index is 2790. The Morgan fingerprint density at radius 1 is 0.537 bits per heavy atom. The molecule has 4 nitrogen and oxygen atoms in total. The largest absolute Gasteiger partial charge is 0.456 e. The molecule has 0 atom stereocenters. The fourth-order valence-corrected chi connectivity index (χ4v) is 13.6. The summed E-state index contributed by atoms with van der Waals surface area (Å²) in [5, 5.41) is 7.36. The molecule has 6 aromatic carbocycles. The van der Waals surface area contributed by atoms with Crippen LogP contribution in [0.4, 0.5) is 0 Å². The molecule has 0 bridgehead atoms. The first-order valence-corrected chi connectivity index (χ1v) is 20.5. The second kappa shape index (κ2) is 12.5. The molecule has 4 heterocycles. The lowest BCUT2D eigenvalue weighted by atomic mass is 9.75. The van der Waals surface area contributed by atoms with E-state index in [1.165, 1.54) is 31.9 Å². The van der Waals surface area contributed by atoms with Crippen molar-refractivity contribution in [3.05, 3.63) is 199 Å². The Morgan fingerprint density at radius 2 is 1.20 bits per heavy atom. The van der Waals surface area contributed by atoms with Crippen molar-refractivity contribution in [3.8, 4) is 28.4 Å². The zero-order valence-electron chi connectivity index (χ0n) is 30.1. The number of aromatic nitrogens is 3. The van der Waals surface area contributed by atoms with E-state index in [2.05, 4.69) is 182 Å². The van der Waals surface area contributed by atoms with Crippen LogP contribution >= 0.6 is 0 Å². The standard InChI is InChI=1S/C49H37N3OSi/c1-49(2)41-25-9-10-27-45(41)53-47-42(49)28-29-44-46(47)40-24-15-31-51-48(40)52(44)35-17-14-23-39(33-35)54(36-18-5-3-6-19-36,37-20-7-4-8-21-37)38-22-13-16-34(32-38)43-26-11-12-30-50-43/h3-33H,1-2H3. The van der Waals surface area contributed by atoms with E-state index in [0.717, 1.165) is 50.4 Å². The molecular formula is C49H37N3OSi. The van der Waals surface area contributed by atoms with Gasteiger partial charge in [0.25, 0.3) is 0 Å².